The lowest BCUT2D eigenvalue weighted by atomic mass is 10.1. The fourth-order valence-corrected chi connectivity index (χ4v) is 2.96. The van der Waals surface area contributed by atoms with Gasteiger partial charge in [0.15, 0.2) is 0 Å². The number of rotatable bonds is 6. The van der Waals surface area contributed by atoms with Crippen LogP contribution in [-0.2, 0) is 4.79 Å². The minimum absolute atomic E-state index is 0.0875. The third-order valence-corrected chi connectivity index (χ3v) is 4.25. The lowest BCUT2D eigenvalue weighted by Gasteiger charge is -2.25. The molecule has 1 aliphatic heterocycles. The molecule has 0 aromatic heterocycles. The predicted octanol–water partition coefficient (Wildman–Crippen LogP) is 2.27. The van der Waals surface area contributed by atoms with Gasteiger partial charge in [-0.3, -0.25) is 10.1 Å². The van der Waals surface area contributed by atoms with E-state index in [9.17, 15) is 4.79 Å². The van der Waals surface area contributed by atoms with Crippen LogP contribution in [0.3, 0.4) is 0 Å². The van der Waals surface area contributed by atoms with Crippen molar-refractivity contribution in [3.8, 4) is 5.75 Å². The first kappa shape index (κ1) is 15.2. The number of carbonyl (C=O) groups excluding carboxylic acids is 1. The lowest BCUT2D eigenvalue weighted by molar-refractivity contribution is -0.129. The molecule has 1 aromatic carbocycles. The van der Waals surface area contributed by atoms with Crippen molar-refractivity contribution in [3.63, 3.8) is 0 Å². The van der Waals surface area contributed by atoms with Gasteiger partial charge >= 0.3 is 0 Å². The molecule has 0 radical (unpaired) electrons. The summed E-state index contributed by atoms with van der Waals surface area (Å²) in [6.45, 7) is 2.69. The van der Waals surface area contributed by atoms with Gasteiger partial charge in [-0.25, -0.2) is 0 Å². The van der Waals surface area contributed by atoms with Crippen LogP contribution in [-0.4, -0.2) is 42.5 Å². The second-order valence-corrected chi connectivity index (χ2v) is 5.90. The van der Waals surface area contributed by atoms with E-state index >= 15 is 0 Å². The van der Waals surface area contributed by atoms with Crippen LogP contribution in [0.4, 0.5) is 0 Å². The average Bonchev–Trinajstić information content (AvgIpc) is 2.75. The first-order chi connectivity index (χ1) is 9.69. The number of nitrogens with zero attached hydrogens (tertiary/aromatic N) is 1. The molecule has 1 amide bonds. The number of thioether (sulfide) groups is 1. The van der Waals surface area contributed by atoms with Gasteiger partial charge in [-0.15, -0.1) is 0 Å². The van der Waals surface area contributed by atoms with Crippen molar-refractivity contribution < 1.29 is 9.53 Å². The number of carbonyl (C=O) groups is 1. The Kier molecular flexibility index (Phi) is 5.31. The highest BCUT2D eigenvalue weighted by molar-refractivity contribution is 7.98. The van der Waals surface area contributed by atoms with E-state index in [1.807, 2.05) is 47.9 Å². The molecule has 2 unspecified atom stereocenters. The van der Waals surface area contributed by atoms with E-state index in [4.69, 9.17) is 4.74 Å². The zero-order chi connectivity index (χ0) is 14.5. The minimum Gasteiger partial charge on any atom is -0.496 e. The average molecular weight is 294 g/mol. The maximum atomic E-state index is 12.3. The molecule has 0 aliphatic carbocycles. The smallest absolute Gasteiger partial charge is 0.241 e. The molecule has 1 aliphatic rings. The van der Waals surface area contributed by atoms with Crippen molar-refractivity contribution in [2.45, 2.75) is 25.6 Å². The molecule has 0 spiro atoms. The van der Waals surface area contributed by atoms with Gasteiger partial charge < -0.3 is 9.64 Å². The molecule has 20 heavy (non-hydrogen) atoms. The van der Waals surface area contributed by atoms with E-state index in [1.54, 1.807) is 7.11 Å². The predicted molar refractivity (Wildman–Crippen MR) is 83.0 cm³/mol. The van der Waals surface area contributed by atoms with Gasteiger partial charge in [0.05, 0.1) is 13.2 Å². The first-order valence-corrected chi connectivity index (χ1v) is 8.26. The Balaban J connectivity index is 2.21. The number of hydrogen-bond acceptors (Lipinski definition) is 4. The van der Waals surface area contributed by atoms with Crippen molar-refractivity contribution in [2.24, 2.45) is 0 Å². The Hall–Kier alpha value is -1.20. The van der Waals surface area contributed by atoms with E-state index in [2.05, 4.69) is 11.6 Å². The molecule has 1 N–H and O–H groups in total. The molecular formula is C15H22N2O2S. The van der Waals surface area contributed by atoms with Crippen LogP contribution in [0.25, 0.3) is 0 Å². The lowest BCUT2D eigenvalue weighted by Crippen LogP contribution is -2.32. The van der Waals surface area contributed by atoms with Crippen LogP contribution in [0.15, 0.2) is 24.3 Å². The van der Waals surface area contributed by atoms with E-state index in [0.29, 0.717) is 0 Å². The number of methoxy groups -OCH3 is 1. The zero-order valence-corrected chi connectivity index (χ0v) is 13.1. The van der Waals surface area contributed by atoms with Crippen molar-refractivity contribution in [3.05, 3.63) is 29.8 Å². The monoisotopic (exact) mass is 294 g/mol. The van der Waals surface area contributed by atoms with Crippen LogP contribution in [0.2, 0.25) is 0 Å². The number of amides is 1. The number of nitrogens with one attached hydrogen (secondary N) is 1. The van der Waals surface area contributed by atoms with Gasteiger partial charge in [-0.1, -0.05) is 18.2 Å². The molecule has 0 saturated carbocycles. The summed E-state index contributed by atoms with van der Waals surface area (Å²) in [6.07, 6.45) is 3.01. The van der Waals surface area contributed by atoms with Crippen LogP contribution >= 0.6 is 11.8 Å². The summed E-state index contributed by atoms with van der Waals surface area (Å²) < 4.78 is 5.42. The maximum Gasteiger partial charge on any atom is 0.241 e. The Morgan fingerprint density at radius 1 is 1.40 bits per heavy atom. The van der Waals surface area contributed by atoms with E-state index in [-0.39, 0.29) is 18.1 Å². The van der Waals surface area contributed by atoms with Crippen LogP contribution in [0.5, 0.6) is 5.75 Å². The van der Waals surface area contributed by atoms with Gasteiger partial charge in [0.25, 0.3) is 0 Å². The molecule has 1 saturated heterocycles. The van der Waals surface area contributed by atoms with Crippen LogP contribution in [0.1, 0.15) is 25.1 Å². The number of benzene rings is 1. The molecule has 110 valence electrons. The van der Waals surface area contributed by atoms with Gasteiger partial charge in [0, 0.05) is 12.1 Å². The second-order valence-electron chi connectivity index (χ2n) is 4.91. The number of ether oxygens (including phenoxy) is 1. The van der Waals surface area contributed by atoms with Gasteiger partial charge in [-0.2, -0.15) is 11.8 Å². The summed E-state index contributed by atoms with van der Waals surface area (Å²) in [5.74, 6) is 2.06. The highest BCUT2D eigenvalue weighted by Gasteiger charge is 2.37. The van der Waals surface area contributed by atoms with Gasteiger partial charge in [-0.05, 0) is 31.4 Å². The van der Waals surface area contributed by atoms with Crippen molar-refractivity contribution >= 4 is 17.7 Å². The highest BCUT2D eigenvalue weighted by Crippen LogP contribution is 2.31. The third kappa shape index (κ3) is 3.10. The summed E-state index contributed by atoms with van der Waals surface area (Å²) in [5, 5.41) is 3.36. The first-order valence-electron chi connectivity index (χ1n) is 6.87. The van der Waals surface area contributed by atoms with Crippen LogP contribution < -0.4 is 10.1 Å². The topological polar surface area (TPSA) is 41.6 Å². The van der Waals surface area contributed by atoms with Crippen molar-refractivity contribution in [1.29, 1.82) is 0 Å². The van der Waals surface area contributed by atoms with Crippen molar-refractivity contribution in [1.82, 2.24) is 10.2 Å². The Labute approximate surface area is 124 Å². The summed E-state index contributed by atoms with van der Waals surface area (Å²) in [6, 6.07) is 7.74. The third-order valence-electron chi connectivity index (χ3n) is 3.55. The summed E-state index contributed by atoms with van der Waals surface area (Å²) in [5.41, 5.74) is 1.02. The fraction of sp³-hybridized carbons (Fsp3) is 0.533. The molecule has 5 heteroatoms. The molecular weight excluding hydrogens is 272 g/mol. The highest BCUT2D eigenvalue weighted by atomic mass is 32.2. The molecule has 1 heterocycles. The second kappa shape index (κ2) is 6.99. The van der Waals surface area contributed by atoms with Gasteiger partial charge in [0.2, 0.25) is 5.91 Å². The SMILES string of the molecule is COc1ccccc1C1NC(C)C(=O)N1CCCSC. The number of hydrogen-bond donors (Lipinski definition) is 1. The normalized spacial score (nSPS) is 22.4. The van der Waals surface area contributed by atoms with E-state index < -0.39 is 0 Å². The molecule has 0 bridgehead atoms. The molecule has 1 aromatic rings. The van der Waals surface area contributed by atoms with Crippen LogP contribution in [0, 0.1) is 0 Å². The fourth-order valence-electron chi connectivity index (χ4n) is 2.54. The largest absolute Gasteiger partial charge is 0.496 e. The molecule has 2 atom stereocenters. The van der Waals surface area contributed by atoms with Crippen molar-refractivity contribution in [2.75, 3.05) is 25.7 Å². The molecule has 4 nitrogen and oxygen atoms in total. The Bertz CT molecular complexity index is 467. The maximum absolute atomic E-state index is 12.3. The van der Waals surface area contributed by atoms with E-state index in [0.717, 1.165) is 30.0 Å². The molecule has 1 fully saturated rings. The Morgan fingerprint density at radius 3 is 2.85 bits per heavy atom. The summed E-state index contributed by atoms with van der Waals surface area (Å²) >= 11 is 1.81. The minimum atomic E-state index is -0.140. The summed E-state index contributed by atoms with van der Waals surface area (Å²) in [4.78, 5) is 14.2. The summed E-state index contributed by atoms with van der Waals surface area (Å²) in [7, 11) is 1.66. The van der Waals surface area contributed by atoms with Gasteiger partial charge in [0.1, 0.15) is 11.9 Å². The quantitative estimate of drug-likeness (QED) is 0.817. The number of para-hydroxylation sites is 1. The van der Waals surface area contributed by atoms with E-state index in [1.165, 1.54) is 0 Å². The molecule has 2 rings (SSSR count). The Morgan fingerprint density at radius 2 is 2.15 bits per heavy atom. The standard InChI is InChI=1S/C15H22N2O2S/c1-11-15(18)17(9-6-10-20-3)14(16-11)12-7-4-5-8-13(12)19-2/h4-5,7-8,11,14,16H,6,9-10H2,1-3H3. The zero-order valence-electron chi connectivity index (χ0n) is 12.3.